The van der Waals surface area contributed by atoms with Crippen molar-refractivity contribution in [2.45, 2.75) is 25.4 Å². The Balaban J connectivity index is 2.19. The molecule has 1 aromatic carbocycles. The highest BCUT2D eigenvalue weighted by molar-refractivity contribution is 6.59. The summed E-state index contributed by atoms with van der Waals surface area (Å²) in [6, 6.07) is 3.74. The zero-order chi connectivity index (χ0) is 12.3. The monoisotopic (exact) mass is 236 g/mol. The minimum Gasteiger partial charge on any atom is -0.487 e. The zero-order valence-corrected chi connectivity index (χ0v) is 9.34. The molecular formula is C12H14BFO3. The average molecular weight is 236 g/mol. The molecule has 0 amide bonds. The third kappa shape index (κ3) is 3.08. The molecule has 2 rings (SSSR count). The van der Waals surface area contributed by atoms with Gasteiger partial charge in [0.15, 0.2) is 0 Å². The molecule has 1 aliphatic carbocycles. The Hall–Kier alpha value is -1.33. The van der Waals surface area contributed by atoms with E-state index in [1.54, 1.807) is 0 Å². The van der Waals surface area contributed by atoms with Gasteiger partial charge in [-0.05, 0) is 43.5 Å². The predicted molar refractivity (Wildman–Crippen MR) is 63.6 cm³/mol. The van der Waals surface area contributed by atoms with Gasteiger partial charge in [0.2, 0.25) is 0 Å². The van der Waals surface area contributed by atoms with Gasteiger partial charge >= 0.3 is 7.12 Å². The fourth-order valence-electron chi connectivity index (χ4n) is 1.87. The van der Waals surface area contributed by atoms with Crippen LogP contribution in [0.4, 0.5) is 4.39 Å². The first-order valence-electron chi connectivity index (χ1n) is 5.66. The molecule has 17 heavy (non-hydrogen) atoms. The second kappa shape index (κ2) is 5.34. The average Bonchev–Trinajstić information content (AvgIpc) is 2.32. The Bertz CT molecular complexity index is 420. The molecule has 0 spiro atoms. The van der Waals surface area contributed by atoms with Gasteiger partial charge in [0.05, 0.1) is 0 Å². The van der Waals surface area contributed by atoms with Gasteiger partial charge in [0.1, 0.15) is 17.7 Å². The van der Waals surface area contributed by atoms with Crippen LogP contribution in [0.1, 0.15) is 19.3 Å². The van der Waals surface area contributed by atoms with Gasteiger partial charge in [-0.1, -0.05) is 6.08 Å². The van der Waals surface area contributed by atoms with Crippen molar-refractivity contribution >= 4 is 12.6 Å². The molecule has 1 unspecified atom stereocenters. The quantitative estimate of drug-likeness (QED) is 0.607. The van der Waals surface area contributed by atoms with E-state index in [9.17, 15) is 4.39 Å². The van der Waals surface area contributed by atoms with Crippen LogP contribution in [0, 0.1) is 5.82 Å². The molecule has 90 valence electrons. The Kier molecular flexibility index (Phi) is 3.81. The van der Waals surface area contributed by atoms with Crippen LogP contribution in [-0.2, 0) is 0 Å². The Labute approximate surface area is 99.7 Å². The first-order chi connectivity index (χ1) is 8.16. The maximum atomic E-state index is 13.0. The van der Waals surface area contributed by atoms with E-state index in [1.165, 1.54) is 12.1 Å². The summed E-state index contributed by atoms with van der Waals surface area (Å²) < 4.78 is 18.6. The molecule has 0 heterocycles. The van der Waals surface area contributed by atoms with Crippen molar-refractivity contribution in [1.29, 1.82) is 0 Å². The van der Waals surface area contributed by atoms with Gasteiger partial charge in [0.25, 0.3) is 0 Å². The van der Waals surface area contributed by atoms with Crippen molar-refractivity contribution in [3.63, 3.8) is 0 Å². The van der Waals surface area contributed by atoms with Crippen LogP contribution in [0.2, 0.25) is 0 Å². The summed E-state index contributed by atoms with van der Waals surface area (Å²) in [6.07, 6.45) is 6.87. The van der Waals surface area contributed by atoms with Crippen molar-refractivity contribution in [3.8, 4) is 5.75 Å². The molecule has 0 saturated carbocycles. The minimum absolute atomic E-state index is 0.0592. The summed E-state index contributed by atoms with van der Waals surface area (Å²) in [5.41, 5.74) is 0.0592. The molecular weight excluding hydrogens is 222 g/mol. The van der Waals surface area contributed by atoms with Gasteiger partial charge < -0.3 is 14.8 Å². The van der Waals surface area contributed by atoms with E-state index in [0.717, 1.165) is 25.3 Å². The Morgan fingerprint density at radius 1 is 1.35 bits per heavy atom. The second-order valence-corrected chi connectivity index (χ2v) is 4.07. The van der Waals surface area contributed by atoms with Crippen molar-refractivity contribution in [2.24, 2.45) is 0 Å². The van der Waals surface area contributed by atoms with Gasteiger partial charge in [-0.2, -0.15) is 0 Å². The predicted octanol–water partition coefficient (Wildman–Crippen LogP) is 0.993. The van der Waals surface area contributed by atoms with Crippen LogP contribution in [-0.4, -0.2) is 23.3 Å². The number of rotatable bonds is 3. The molecule has 0 aromatic heterocycles. The Morgan fingerprint density at radius 3 is 2.82 bits per heavy atom. The normalized spacial score (nSPS) is 19.1. The van der Waals surface area contributed by atoms with Crippen LogP contribution >= 0.6 is 0 Å². The lowest BCUT2D eigenvalue weighted by atomic mass is 9.79. The van der Waals surface area contributed by atoms with Crippen molar-refractivity contribution < 1.29 is 19.2 Å². The van der Waals surface area contributed by atoms with Crippen molar-refractivity contribution in [3.05, 3.63) is 36.2 Å². The number of hydrogen-bond acceptors (Lipinski definition) is 3. The fraction of sp³-hybridized carbons (Fsp3) is 0.333. The summed E-state index contributed by atoms with van der Waals surface area (Å²) in [7, 11) is -1.73. The molecule has 0 bridgehead atoms. The molecule has 1 aliphatic rings. The molecule has 3 nitrogen and oxygen atoms in total. The maximum absolute atomic E-state index is 13.0. The van der Waals surface area contributed by atoms with Crippen molar-refractivity contribution in [2.75, 3.05) is 0 Å². The van der Waals surface area contributed by atoms with E-state index in [4.69, 9.17) is 14.8 Å². The first kappa shape index (κ1) is 12.1. The lowest BCUT2D eigenvalue weighted by molar-refractivity contribution is 0.230. The van der Waals surface area contributed by atoms with Gasteiger partial charge in [-0.3, -0.25) is 0 Å². The molecule has 0 fully saturated rings. The van der Waals surface area contributed by atoms with E-state index in [-0.39, 0.29) is 11.6 Å². The third-order valence-corrected chi connectivity index (χ3v) is 2.74. The molecule has 2 N–H and O–H groups in total. The highest BCUT2D eigenvalue weighted by Gasteiger charge is 2.20. The van der Waals surface area contributed by atoms with Gasteiger partial charge in [0, 0.05) is 5.46 Å². The zero-order valence-electron chi connectivity index (χ0n) is 9.34. The largest absolute Gasteiger partial charge is 0.492 e. The summed E-state index contributed by atoms with van der Waals surface area (Å²) in [5, 5.41) is 18.3. The summed E-state index contributed by atoms with van der Waals surface area (Å²) in [6.45, 7) is 0. The number of halogens is 1. The third-order valence-electron chi connectivity index (χ3n) is 2.74. The molecule has 0 saturated heterocycles. The maximum Gasteiger partial charge on any atom is 0.492 e. The van der Waals surface area contributed by atoms with Crippen LogP contribution in [0.3, 0.4) is 0 Å². The van der Waals surface area contributed by atoms with Crippen LogP contribution in [0.25, 0.3) is 0 Å². The molecule has 1 aromatic rings. The molecule has 0 aliphatic heterocycles. The molecule has 0 radical (unpaired) electrons. The summed E-state index contributed by atoms with van der Waals surface area (Å²) in [4.78, 5) is 0. The first-order valence-corrected chi connectivity index (χ1v) is 5.66. The van der Waals surface area contributed by atoms with E-state index >= 15 is 0 Å². The topological polar surface area (TPSA) is 49.7 Å². The number of hydrogen-bond donors (Lipinski definition) is 2. The standard InChI is InChI=1S/C12H14BFO3/c14-9-6-7-12(11(8-9)13(15)16)17-10-4-2-1-3-5-10/h2,4,6-8,10,15-16H,1,3,5H2. The van der Waals surface area contributed by atoms with Gasteiger partial charge in [-0.15, -0.1) is 0 Å². The number of allylic oxidation sites excluding steroid dienone is 1. The second-order valence-electron chi connectivity index (χ2n) is 4.07. The molecule has 5 heteroatoms. The number of benzene rings is 1. The molecule has 1 atom stereocenters. The van der Waals surface area contributed by atoms with Gasteiger partial charge in [-0.25, -0.2) is 4.39 Å². The lowest BCUT2D eigenvalue weighted by Crippen LogP contribution is -2.33. The van der Waals surface area contributed by atoms with E-state index in [0.29, 0.717) is 5.75 Å². The van der Waals surface area contributed by atoms with E-state index < -0.39 is 12.9 Å². The summed E-state index contributed by atoms with van der Waals surface area (Å²) >= 11 is 0. The van der Waals surface area contributed by atoms with E-state index in [2.05, 4.69) is 0 Å². The minimum atomic E-state index is -1.73. The van der Waals surface area contributed by atoms with Crippen LogP contribution in [0.15, 0.2) is 30.4 Å². The fourth-order valence-corrected chi connectivity index (χ4v) is 1.87. The van der Waals surface area contributed by atoms with Crippen molar-refractivity contribution in [1.82, 2.24) is 0 Å². The highest BCUT2D eigenvalue weighted by atomic mass is 19.1. The number of ether oxygens (including phenoxy) is 1. The Morgan fingerprint density at radius 2 is 2.18 bits per heavy atom. The van der Waals surface area contributed by atoms with Crippen LogP contribution < -0.4 is 10.2 Å². The summed E-state index contributed by atoms with van der Waals surface area (Å²) in [5.74, 6) is -0.197. The smallest absolute Gasteiger partial charge is 0.487 e. The SMILES string of the molecule is OB(O)c1cc(F)ccc1OC1C=CCCC1. The lowest BCUT2D eigenvalue weighted by Gasteiger charge is -2.20. The van der Waals surface area contributed by atoms with E-state index in [1.807, 2.05) is 12.2 Å². The van der Waals surface area contributed by atoms with Crippen LogP contribution in [0.5, 0.6) is 5.75 Å². The highest BCUT2D eigenvalue weighted by Crippen LogP contribution is 2.18.